The van der Waals surface area contributed by atoms with Crippen molar-refractivity contribution in [3.8, 4) is 0 Å². The topological polar surface area (TPSA) is 61.8 Å². The van der Waals surface area contributed by atoms with Crippen molar-refractivity contribution in [2.75, 3.05) is 18.0 Å². The van der Waals surface area contributed by atoms with Crippen molar-refractivity contribution in [2.45, 2.75) is 34.1 Å². The highest BCUT2D eigenvalue weighted by Gasteiger charge is 2.32. The highest BCUT2D eigenvalue weighted by molar-refractivity contribution is 6.02. The molecule has 4 heteroatoms. The molecule has 3 N–H and O–H groups in total. The van der Waals surface area contributed by atoms with Crippen molar-refractivity contribution in [2.24, 2.45) is 22.2 Å². The molecule has 0 aromatic heterocycles. The molecule has 0 radical (unpaired) electrons. The molecule has 0 spiro atoms. The quantitative estimate of drug-likeness (QED) is 0.377. The fourth-order valence-corrected chi connectivity index (χ4v) is 2.87. The number of amidine groups is 1. The van der Waals surface area contributed by atoms with E-state index in [9.17, 15) is 0 Å². The van der Waals surface area contributed by atoms with Crippen LogP contribution in [-0.4, -0.2) is 24.1 Å². The van der Waals surface area contributed by atoms with Gasteiger partial charge in [0.25, 0.3) is 0 Å². The number of aryl methyl sites for hydroxylation is 1. The van der Waals surface area contributed by atoms with Crippen LogP contribution in [-0.2, 0) is 0 Å². The van der Waals surface area contributed by atoms with Crippen molar-refractivity contribution in [3.63, 3.8) is 0 Å². The summed E-state index contributed by atoms with van der Waals surface area (Å²) in [4.78, 5) is 2.35. The molecule has 110 valence electrons. The third-order valence-electron chi connectivity index (χ3n) is 4.29. The molecule has 0 saturated carbocycles. The zero-order chi connectivity index (χ0) is 14.9. The monoisotopic (exact) mass is 275 g/mol. The Kier molecular flexibility index (Phi) is 3.93. The lowest BCUT2D eigenvalue weighted by Gasteiger charge is -2.28. The summed E-state index contributed by atoms with van der Waals surface area (Å²) in [5.41, 5.74) is 9.14. The second-order valence-corrected chi connectivity index (χ2v) is 6.80. The van der Waals surface area contributed by atoms with Gasteiger partial charge in [0.2, 0.25) is 0 Å². The number of hydrogen-bond acceptors (Lipinski definition) is 3. The summed E-state index contributed by atoms with van der Waals surface area (Å²) in [5, 5.41) is 12.1. The minimum absolute atomic E-state index is 0.183. The molecule has 0 aliphatic carbocycles. The first-order chi connectivity index (χ1) is 9.32. The van der Waals surface area contributed by atoms with E-state index in [1.165, 1.54) is 6.42 Å². The van der Waals surface area contributed by atoms with Crippen LogP contribution in [0.2, 0.25) is 0 Å². The van der Waals surface area contributed by atoms with Gasteiger partial charge < -0.3 is 15.8 Å². The van der Waals surface area contributed by atoms with Crippen LogP contribution < -0.4 is 10.6 Å². The van der Waals surface area contributed by atoms with Crippen LogP contribution in [0.3, 0.4) is 0 Å². The van der Waals surface area contributed by atoms with Gasteiger partial charge in [-0.15, -0.1) is 0 Å². The van der Waals surface area contributed by atoms with Crippen LogP contribution in [0.1, 0.15) is 38.3 Å². The van der Waals surface area contributed by atoms with E-state index >= 15 is 0 Å². The Labute approximate surface area is 121 Å². The number of anilines is 1. The van der Waals surface area contributed by atoms with Crippen molar-refractivity contribution < 1.29 is 5.21 Å². The summed E-state index contributed by atoms with van der Waals surface area (Å²) in [7, 11) is 0. The third-order valence-corrected chi connectivity index (χ3v) is 4.29. The lowest BCUT2D eigenvalue weighted by Crippen LogP contribution is -2.28. The maximum Gasteiger partial charge on any atom is 0.172 e. The summed E-state index contributed by atoms with van der Waals surface area (Å²) in [5.74, 6) is 0.854. The molecule has 1 aromatic rings. The Morgan fingerprint density at radius 2 is 2.10 bits per heavy atom. The van der Waals surface area contributed by atoms with Crippen LogP contribution in [0.4, 0.5) is 5.69 Å². The first-order valence-corrected chi connectivity index (χ1v) is 7.16. The minimum atomic E-state index is 0.183. The summed E-state index contributed by atoms with van der Waals surface area (Å²) in [6.07, 6.45) is 1.19. The van der Waals surface area contributed by atoms with Crippen molar-refractivity contribution in [3.05, 3.63) is 29.3 Å². The van der Waals surface area contributed by atoms with E-state index in [0.717, 1.165) is 29.9 Å². The van der Waals surface area contributed by atoms with Crippen molar-refractivity contribution >= 4 is 11.5 Å². The molecule has 1 aromatic carbocycles. The molecule has 0 amide bonds. The first kappa shape index (κ1) is 14.7. The Morgan fingerprint density at radius 3 is 2.65 bits per heavy atom. The molecular weight excluding hydrogens is 250 g/mol. The van der Waals surface area contributed by atoms with Crippen LogP contribution >= 0.6 is 0 Å². The van der Waals surface area contributed by atoms with Gasteiger partial charge in [-0.05, 0) is 36.8 Å². The zero-order valence-corrected chi connectivity index (χ0v) is 12.8. The summed E-state index contributed by atoms with van der Waals surface area (Å²) >= 11 is 0. The Bertz CT molecular complexity index is 517. The number of benzene rings is 1. The molecule has 1 fully saturated rings. The maximum atomic E-state index is 8.97. The number of nitrogens with zero attached hydrogens (tertiary/aromatic N) is 2. The van der Waals surface area contributed by atoms with Gasteiger partial charge in [-0.2, -0.15) is 0 Å². The van der Waals surface area contributed by atoms with Crippen LogP contribution in [0, 0.1) is 18.3 Å². The van der Waals surface area contributed by atoms with E-state index < -0.39 is 0 Å². The Morgan fingerprint density at radius 1 is 1.40 bits per heavy atom. The van der Waals surface area contributed by atoms with E-state index in [0.29, 0.717) is 11.3 Å². The average molecular weight is 275 g/mol. The standard InChI is InChI=1S/C16H25N3O/c1-11-5-6-14(13(9-11)15(17)18-20)19-8-7-12(10-19)16(2,3)4/h5-6,9,12,20H,7-8,10H2,1-4H3,(H2,17,18). The number of oxime groups is 1. The summed E-state index contributed by atoms with van der Waals surface area (Å²) in [6.45, 7) is 10.9. The molecule has 1 aliphatic rings. The largest absolute Gasteiger partial charge is 0.409 e. The smallest absolute Gasteiger partial charge is 0.172 e. The van der Waals surface area contributed by atoms with Gasteiger partial charge in [0.1, 0.15) is 0 Å². The fourth-order valence-electron chi connectivity index (χ4n) is 2.87. The summed E-state index contributed by atoms with van der Waals surface area (Å²) < 4.78 is 0. The van der Waals surface area contributed by atoms with Gasteiger partial charge >= 0.3 is 0 Å². The van der Waals surface area contributed by atoms with Crippen LogP contribution in [0.25, 0.3) is 0 Å². The van der Waals surface area contributed by atoms with E-state index in [1.807, 2.05) is 13.0 Å². The molecule has 1 unspecified atom stereocenters. The third kappa shape index (κ3) is 2.89. The van der Waals surface area contributed by atoms with Gasteiger partial charge in [0, 0.05) is 24.3 Å². The predicted octanol–water partition coefficient (Wildman–Crippen LogP) is 2.96. The molecule has 2 rings (SSSR count). The highest BCUT2D eigenvalue weighted by atomic mass is 16.4. The normalized spacial score (nSPS) is 20.5. The van der Waals surface area contributed by atoms with E-state index in [1.54, 1.807) is 0 Å². The van der Waals surface area contributed by atoms with Crippen molar-refractivity contribution in [1.82, 2.24) is 0 Å². The van der Waals surface area contributed by atoms with Gasteiger partial charge in [-0.3, -0.25) is 0 Å². The average Bonchev–Trinajstić information content (AvgIpc) is 2.87. The number of nitrogens with two attached hydrogens (primary N) is 1. The molecule has 1 aliphatic heterocycles. The molecule has 1 saturated heterocycles. The number of rotatable bonds is 2. The SMILES string of the molecule is Cc1ccc(N2CCC(C(C)(C)C)C2)c(/C(N)=N/O)c1. The molecule has 20 heavy (non-hydrogen) atoms. The van der Waals surface area contributed by atoms with Gasteiger partial charge in [-0.1, -0.05) is 37.6 Å². The Hall–Kier alpha value is -1.71. The first-order valence-electron chi connectivity index (χ1n) is 7.16. The van der Waals surface area contributed by atoms with Gasteiger partial charge in [0.05, 0.1) is 0 Å². The van der Waals surface area contributed by atoms with Gasteiger partial charge in [0.15, 0.2) is 5.84 Å². The highest BCUT2D eigenvalue weighted by Crippen LogP contribution is 2.36. The molecule has 4 nitrogen and oxygen atoms in total. The molecular formula is C16H25N3O. The van der Waals surface area contributed by atoms with Crippen LogP contribution in [0.15, 0.2) is 23.4 Å². The second-order valence-electron chi connectivity index (χ2n) is 6.80. The minimum Gasteiger partial charge on any atom is -0.409 e. The zero-order valence-electron chi connectivity index (χ0n) is 12.8. The maximum absolute atomic E-state index is 8.97. The molecule has 1 heterocycles. The van der Waals surface area contributed by atoms with Gasteiger partial charge in [-0.25, -0.2) is 0 Å². The number of hydrogen-bond donors (Lipinski definition) is 2. The lowest BCUT2D eigenvalue weighted by atomic mass is 9.80. The Balaban J connectivity index is 2.31. The summed E-state index contributed by atoms with van der Waals surface area (Å²) in [6, 6.07) is 6.14. The second kappa shape index (κ2) is 5.35. The van der Waals surface area contributed by atoms with Crippen molar-refractivity contribution in [1.29, 1.82) is 0 Å². The predicted molar refractivity (Wildman–Crippen MR) is 83.5 cm³/mol. The lowest BCUT2D eigenvalue weighted by molar-refractivity contribution is 0.263. The fraction of sp³-hybridized carbons (Fsp3) is 0.562. The van der Waals surface area contributed by atoms with E-state index in [2.05, 4.69) is 43.0 Å². The van der Waals surface area contributed by atoms with E-state index in [4.69, 9.17) is 10.9 Å². The van der Waals surface area contributed by atoms with Crippen LogP contribution in [0.5, 0.6) is 0 Å². The van der Waals surface area contributed by atoms with E-state index in [-0.39, 0.29) is 5.84 Å². The molecule has 0 bridgehead atoms. The molecule has 1 atom stereocenters.